The lowest BCUT2D eigenvalue weighted by molar-refractivity contribution is 0.00437. The second-order valence-corrected chi connectivity index (χ2v) is 6.57. The Labute approximate surface area is 126 Å². The molecule has 1 atom stereocenters. The quantitative estimate of drug-likeness (QED) is 0.773. The number of hydrogen-bond acceptors (Lipinski definition) is 5. The van der Waals surface area contributed by atoms with Gasteiger partial charge in [0.15, 0.2) is 0 Å². The number of hydrogen-bond donors (Lipinski definition) is 1. The summed E-state index contributed by atoms with van der Waals surface area (Å²) in [6.07, 6.45) is -0.431. The van der Waals surface area contributed by atoms with Gasteiger partial charge < -0.3 is 9.47 Å². The summed E-state index contributed by atoms with van der Waals surface area (Å²) in [5, 5.41) is 5.04. The van der Waals surface area contributed by atoms with Crippen molar-refractivity contribution in [3.63, 3.8) is 0 Å². The van der Waals surface area contributed by atoms with Crippen LogP contribution < -0.4 is 5.14 Å². The highest BCUT2D eigenvalue weighted by Crippen LogP contribution is 2.19. The van der Waals surface area contributed by atoms with Gasteiger partial charge in [-0.15, -0.1) is 0 Å². The fraction of sp³-hybridized carbons (Fsp3) is 0.417. The summed E-state index contributed by atoms with van der Waals surface area (Å²) < 4.78 is 33.3. The van der Waals surface area contributed by atoms with E-state index in [2.05, 4.69) is 15.9 Å². The number of rotatable bonds is 6. The van der Waals surface area contributed by atoms with E-state index < -0.39 is 22.1 Å². The SMILES string of the molecule is CCOCC(C)OC(=O)c1cc(Br)cc(S(N)(=O)=O)c1. The standard InChI is InChI=1S/C12H16BrNO5S/c1-3-18-7-8(2)19-12(15)9-4-10(13)6-11(5-9)20(14,16)17/h4-6,8H,3,7H2,1-2H3,(H2,14,16,17). The molecule has 0 saturated heterocycles. The number of carbonyl (C=O) groups excluding carboxylic acids is 1. The molecule has 0 aliphatic heterocycles. The lowest BCUT2D eigenvalue weighted by atomic mass is 10.2. The number of esters is 1. The molecule has 8 heteroatoms. The summed E-state index contributed by atoms with van der Waals surface area (Å²) in [5.41, 5.74) is 0.103. The monoisotopic (exact) mass is 365 g/mol. The van der Waals surface area contributed by atoms with Gasteiger partial charge in [0.2, 0.25) is 10.0 Å². The van der Waals surface area contributed by atoms with Crippen molar-refractivity contribution in [3.05, 3.63) is 28.2 Å². The molecular weight excluding hydrogens is 350 g/mol. The van der Waals surface area contributed by atoms with Crippen molar-refractivity contribution in [1.29, 1.82) is 0 Å². The Morgan fingerprint density at radius 3 is 2.60 bits per heavy atom. The lowest BCUT2D eigenvalue weighted by Crippen LogP contribution is -2.21. The molecule has 0 heterocycles. The second kappa shape index (κ2) is 7.16. The molecule has 0 amide bonds. The van der Waals surface area contributed by atoms with Crippen LogP contribution >= 0.6 is 15.9 Å². The van der Waals surface area contributed by atoms with Crippen LogP contribution in [0.2, 0.25) is 0 Å². The topological polar surface area (TPSA) is 95.7 Å². The van der Waals surface area contributed by atoms with Crippen LogP contribution in [-0.2, 0) is 19.5 Å². The Kier molecular flexibility index (Phi) is 6.12. The predicted octanol–water partition coefficient (Wildman–Crippen LogP) is 1.68. The maximum atomic E-state index is 11.9. The first-order chi connectivity index (χ1) is 9.24. The van der Waals surface area contributed by atoms with E-state index in [0.717, 1.165) is 0 Å². The number of carbonyl (C=O) groups is 1. The summed E-state index contributed by atoms with van der Waals surface area (Å²) in [4.78, 5) is 11.8. The summed E-state index contributed by atoms with van der Waals surface area (Å²) in [6.45, 7) is 4.32. The highest BCUT2D eigenvalue weighted by Gasteiger charge is 2.17. The van der Waals surface area contributed by atoms with Gasteiger partial charge in [-0.25, -0.2) is 18.4 Å². The van der Waals surface area contributed by atoms with E-state index in [1.807, 2.05) is 6.92 Å². The molecule has 0 radical (unpaired) electrons. The van der Waals surface area contributed by atoms with E-state index in [0.29, 0.717) is 11.1 Å². The molecule has 1 unspecified atom stereocenters. The minimum atomic E-state index is -3.89. The zero-order valence-electron chi connectivity index (χ0n) is 11.1. The van der Waals surface area contributed by atoms with Gasteiger partial charge >= 0.3 is 5.97 Å². The third-order valence-corrected chi connectivity index (χ3v) is 3.65. The van der Waals surface area contributed by atoms with Gasteiger partial charge in [-0.05, 0) is 32.0 Å². The van der Waals surface area contributed by atoms with Crippen LogP contribution in [0.3, 0.4) is 0 Å². The minimum Gasteiger partial charge on any atom is -0.457 e. The van der Waals surface area contributed by atoms with Crippen LogP contribution in [0, 0.1) is 0 Å². The van der Waals surface area contributed by atoms with Crippen LogP contribution in [0.15, 0.2) is 27.6 Å². The van der Waals surface area contributed by atoms with E-state index in [1.165, 1.54) is 18.2 Å². The molecule has 6 nitrogen and oxygen atoms in total. The Balaban J connectivity index is 2.91. The zero-order valence-corrected chi connectivity index (χ0v) is 13.5. The van der Waals surface area contributed by atoms with Gasteiger partial charge in [0.1, 0.15) is 6.10 Å². The highest BCUT2D eigenvalue weighted by molar-refractivity contribution is 9.10. The number of benzene rings is 1. The van der Waals surface area contributed by atoms with Gasteiger partial charge in [0, 0.05) is 11.1 Å². The molecule has 0 aliphatic carbocycles. The van der Waals surface area contributed by atoms with Gasteiger partial charge in [0.05, 0.1) is 17.1 Å². The average Bonchev–Trinajstić information content (AvgIpc) is 2.34. The van der Waals surface area contributed by atoms with Crippen LogP contribution in [-0.4, -0.2) is 33.7 Å². The van der Waals surface area contributed by atoms with Gasteiger partial charge in [-0.3, -0.25) is 0 Å². The first-order valence-electron chi connectivity index (χ1n) is 5.86. The van der Waals surface area contributed by atoms with Crippen molar-refractivity contribution in [2.75, 3.05) is 13.2 Å². The normalized spacial score (nSPS) is 13.0. The molecule has 20 heavy (non-hydrogen) atoms. The fourth-order valence-electron chi connectivity index (χ4n) is 1.41. The number of halogens is 1. The largest absolute Gasteiger partial charge is 0.457 e. The highest BCUT2D eigenvalue weighted by atomic mass is 79.9. The first-order valence-corrected chi connectivity index (χ1v) is 8.20. The minimum absolute atomic E-state index is 0.103. The molecule has 1 rings (SSSR count). The molecule has 0 aliphatic rings. The number of ether oxygens (including phenoxy) is 2. The van der Waals surface area contributed by atoms with Gasteiger partial charge in [0.25, 0.3) is 0 Å². The molecule has 0 aromatic heterocycles. The Hall–Kier alpha value is -0.960. The van der Waals surface area contributed by atoms with Crippen molar-refractivity contribution >= 4 is 31.9 Å². The Bertz CT molecular complexity index is 588. The molecule has 2 N–H and O–H groups in total. The van der Waals surface area contributed by atoms with Crippen molar-refractivity contribution in [2.45, 2.75) is 24.8 Å². The molecule has 0 fully saturated rings. The average molecular weight is 366 g/mol. The molecule has 112 valence electrons. The maximum absolute atomic E-state index is 11.9. The zero-order chi connectivity index (χ0) is 15.3. The van der Waals surface area contributed by atoms with Crippen molar-refractivity contribution in [3.8, 4) is 0 Å². The fourth-order valence-corrected chi connectivity index (χ4v) is 2.64. The van der Waals surface area contributed by atoms with Crippen LogP contribution in [0.25, 0.3) is 0 Å². The molecule has 1 aromatic rings. The van der Waals surface area contributed by atoms with E-state index in [4.69, 9.17) is 14.6 Å². The van der Waals surface area contributed by atoms with Crippen LogP contribution in [0.4, 0.5) is 0 Å². The summed E-state index contributed by atoms with van der Waals surface area (Å²) in [7, 11) is -3.89. The Morgan fingerprint density at radius 2 is 2.05 bits per heavy atom. The van der Waals surface area contributed by atoms with E-state index in [-0.39, 0.29) is 17.1 Å². The van der Waals surface area contributed by atoms with Crippen molar-refractivity contribution in [2.24, 2.45) is 5.14 Å². The van der Waals surface area contributed by atoms with Crippen molar-refractivity contribution in [1.82, 2.24) is 0 Å². The van der Waals surface area contributed by atoms with E-state index in [9.17, 15) is 13.2 Å². The van der Waals surface area contributed by atoms with Crippen molar-refractivity contribution < 1.29 is 22.7 Å². The third-order valence-electron chi connectivity index (χ3n) is 2.30. The molecular formula is C12H16BrNO5S. The van der Waals surface area contributed by atoms with E-state index >= 15 is 0 Å². The third kappa shape index (κ3) is 5.20. The van der Waals surface area contributed by atoms with Gasteiger partial charge in [-0.1, -0.05) is 15.9 Å². The predicted molar refractivity (Wildman–Crippen MR) is 76.9 cm³/mol. The second-order valence-electron chi connectivity index (χ2n) is 4.10. The molecule has 0 saturated carbocycles. The summed E-state index contributed by atoms with van der Waals surface area (Å²) >= 11 is 3.13. The smallest absolute Gasteiger partial charge is 0.338 e. The summed E-state index contributed by atoms with van der Waals surface area (Å²) in [6, 6.07) is 3.95. The number of nitrogens with two attached hydrogens (primary N) is 1. The van der Waals surface area contributed by atoms with Crippen LogP contribution in [0.1, 0.15) is 24.2 Å². The number of primary sulfonamides is 1. The van der Waals surface area contributed by atoms with E-state index in [1.54, 1.807) is 6.92 Å². The first kappa shape index (κ1) is 17.1. The number of sulfonamides is 1. The Morgan fingerprint density at radius 1 is 1.40 bits per heavy atom. The lowest BCUT2D eigenvalue weighted by Gasteiger charge is -2.13. The molecule has 0 spiro atoms. The molecule has 0 bridgehead atoms. The van der Waals surface area contributed by atoms with Crippen LogP contribution in [0.5, 0.6) is 0 Å². The van der Waals surface area contributed by atoms with Gasteiger partial charge in [-0.2, -0.15) is 0 Å². The maximum Gasteiger partial charge on any atom is 0.338 e. The summed E-state index contributed by atoms with van der Waals surface area (Å²) in [5.74, 6) is -0.636. The molecule has 1 aromatic carbocycles.